The molecule has 8 heteroatoms. The topological polar surface area (TPSA) is 74.8 Å². The largest absolute Gasteiger partial charge is 0.349 e. The zero-order valence-electron chi connectivity index (χ0n) is 16.1. The first-order valence-corrected chi connectivity index (χ1v) is 11.2. The number of fused-ring (bicyclic) bond motifs is 1. The van der Waals surface area contributed by atoms with Crippen molar-refractivity contribution in [3.63, 3.8) is 0 Å². The summed E-state index contributed by atoms with van der Waals surface area (Å²) in [7, 11) is 0. The number of benzene rings is 1. The minimum absolute atomic E-state index is 0.0568. The molecule has 2 atom stereocenters. The van der Waals surface area contributed by atoms with Crippen LogP contribution in [0.1, 0.15) is 41.7 Å². The second-order valence-corrected chi connectivity index (χ2v) is 9.68. The van der Waals surface area contributed by atoms with Gasteiger partial charge in [-0.15, -0.1) is 23.1 Å². The van der Waals surface area contributed by atoms with Crippen LogP contribution in [-0.2, 0) is 10.5 Å². The summed E-state index contributed by atoms with van der Waals surface area (Å²) in [4.78, 5) is 34.1. The van der Waals surface area contributed by atoms with Gasteiger partial charge in [-0.25, -0.2) is 4.98 Å². The van der Waals surface area contributed by atoms with Gasteiger partial charge in [-0.3, -0.25) is 9.59 Å². The molecule has 1 aromatic carbocycles. The van der Waals surface area contributed by atoms with E-state index in [1.807, 2.05) is 52.0 Å². The van der Waals surface area contributed by atoms with Gasteiger partial charge in [-0.05, 0) is 51.0 Å². The highest BCUT2D eigenvalue weighted by molar-refractivity contribution is 7.99. The van der Waals surface area contributed by atoms with Crippen LogP contribution in [0.15, 0.2) is 29.1 Å². The number of thioether (sulfide) groups is 1. The molecule has 1 amide bonds. The number of aromatic nitrogens is 2. The molecular formula is C20H22ClN3O2S2. The van der Waals surface area contributed by atoms with Crippen LogP contribution in [-0.4, -0.2) is 21.1 Å². The average Bonchev–Trinajstić information content (AvgIpc) is 2.94. The fraction of sp³-hybridized carbons (Fsp3) is 0.350. The third kappa shape index (κ3) is 4.59. The monoisotopic (exact) mass is 435 g/mol. The van der Waals surface area contributed by atoms with Crippen molar-refractivity contribution in [3.8, 4) is 0 Å². The van der Waals surface area contributed by atoms with Crippen LogP contribution in [0.5, 0.6) is 0 Å². The molecule has 0 fully saturated rings. The highest BCUT2D eigenvalue weighted by atomic mass is 35.5. The van der Waals surface area contributed by atoms with E-state index in [1.54, 1.807) is 0 Å². The van der Waals surface area contributed by atoms with Crippen LogP contribution in [0.2, 0.25) is 5.02 Å². The van der Waals surface area contributed by atoms with Gasteiger partial charge in [0, 0.05) is 9.90 Å². The van der Waals surface area contributed by atoms with Crippen LogP contribution >= 0.6 is 34.7 Å². The lowest BCUT2D eigenvalue weighted by molar-refractivity contribution is -0.120. The van der Waals surface area contributed by atoms with Crippen molar-refractivity contribution >= 4 is 50.8 Å². The molecule has 0 aliphatic carbocycles. The molecule has 0 saturated heterocycles. The third-order valence-electron chi connectivity index (χ3n) is 4.66. The molecule has 0 radical (unpaired) electrons. The summed E-state index contributed by atoms with van der Waals surface area (Å²) in [5.41, 5.74) is 1.86. The van der Waals surface area contributed by atoms with E-state index < -0.39 is 0 Å². The highest BCUT2D eigenvalue weighted by Crippen LogP contribution is 2.26. The molecule has 0 bridgehead atoms. The fourth-order valence-corrected chi connectivity index (χ4v) is 4.75. The average molecular weight is 436 g/mol. The molecular weight excluding hydrogens is 414 g/mol. The number of rotatable bonds is 6. The predicted octanol–water partition coefficient (Wildman–Crippen LogP) is 4.75. The van der Waals surface area contributed by atoms with Gasteiger partial charge < -0.3 is 10.3 Å². The van der Waals surface area contributed by atoms with Crippen LogP contribution in [0.3, 0.4) is 0 Å². The lowest BCUT2D eigenvalue weighted by atomic mass is 10.1. The Morgan fingerprint density at radius 1 is 1.29 bits per heavy atom. The number of aryl methyl sites for hydroxylation is 2. The van der Waals surface area contributed by atoms with Crippen LogP contribution in [0.4, 0.5) is 0 Å². The van der Waals surface area contributed by atoms with Crippen LogP contribution in [0, 0.1) is 13.8 Å². The van der Waals surface area contributed by atoms with E-state index in [0.717, 1.165) is 20.8 Å². The minimum Gasteiger partial charge on any atom is -0.349 e. The Bertz CT molecular complexity index is 1060. The molecule has 2 aromatic heterocycles. The maximum absolute atomic E-state index is 12.5. The molecule has 5 nitrogen and oxygen atoms in total. The Balaban J connectivity index is 1.62. The summed E-state index contributed by atoms with van der Waals surface area (Å²) in [6.45, 7) is 7.72. The Hall–Kier alpha value is -1.83. The van der Waals surface area contributed by atoms with Crippen molar-refractivity contribution in [2.45, 2.75) is 44.7 Å². The second-order valence-electron chi connectivity index (χ2n) is 6.71. The minimum atomic E-state index is -0.275. The number of carbonyl (C=O) groups is 1. The van der Waals surface area contributed by atoms with E-state index in [-0.39, 0.29) is 22.8 Å². The standard InChI is InChI=1S/C20H22ClN3O2S2/c1-10-12(3)28-20-17(10)19(26)23-16(24-20)9-27-13(4)18(25)22-11(2)14-5-7-15(21)8-6-14/h5-8,11,13H,9H2,1-4H3,(H,22,25)(H,23,24,26). The number of aromatic amines is 1. The molecule has 2 N–H and O–H groups in total. The molecule has 28 heavy (non-hydrogen) atoms. The fourth-order valence-electron chi connectivity index (χ4n) is 2.81. The number of hydrogen-bond donors (Lipinski definition) is 2. The van der Waals surface area contributed by atoms with E-state index in [1.165, 1.54) is 23.1 Å². The van der Waals surface area contributed by atoms with E-state index in [0.29, 0.717) is 22.0 Å². The molecule has 0 aliphatic heterocycles. The number of nitrogens with zero attached hydrogens (tertiary/aromatic N) is 1. The molecule has 0 aliphatic rings. The Labute approximate surface area is 176 Å². The van der Waals surface area contributed by atoms with E-state index >= 15 is 0 Å². The molecule has 2 unspecified atom stereocenters. The van der Waals surface area contributed by atoms with E-state index in [9.17, 15) is 9.59 Å². The van der Waals surface area contributed by atoms with Crippen LogP contribution < -0.4 is 10.9 Å². The van der Waals surface area contributed by atoms with Gasteiger partial charge in [0.05, 0.1) is 22.4 Å². The zero-order chi connectivity index (χ0) is 20.4. The number of amides is 1. The van der Waals surface area contributed by atoms with E-state index in [2.05, 4.69) is 15.3 Å². The summed E-state index contributed by atoms with van der Waals surface area (Å²) in [6.07, 6.45) is 0. The molecule has 2 heterocycles. The summed E-state index contributed by atoms with van der Waals surface area (Å²) in [5, 5.41) is 4.07. The molecule has 3 rings (SSSR count). The van der Waals surface area contributed by atoms with Crippen molar-refractivity contribution in [3.05, 3.63) is 61.5 Å². The number of thiophene rings is 1. The Morgan fingerprint density at radius 2 is 1.96 bits per heavy atom. The van der Waals surface area contributed by atoms with Gasteiger partial charge >= 0.3 is 0 Å². The van der Waals surface area contributed by atoms with Crippen molar-refractivity contribution in [1.82, 2.24) is 15.3 Å². The first-order valence-electron chi connectivity index (χ1n) is 8.92. The van der Waals surface area contributed by atoms with Gasteiger partial charge in [0.2, 0.25) is 5.91 Å². The summed E-state index contributed by atoms with van der Waals surface area (Å²) < 4.78 is 0. The van der Waals surface area contributed by atoms with Crippen LogP contribution in [0.25, 0.3) is 10.2 Å². The van der Waals surface area contributed by atoms with Crippen molar-refractivity contribution in [2.24, 2.45) is 0 Å². The Morgan fingerprint density at radius 3 is 2.64 bits per heavy atom. The normalized spacial score (nSPS) is 13.5. The smallest absolute Gasteiger partial charge is 0.259 e. The SMILES string of the molecule is Cc1sc2nc(CSC(C)C(=O)NC(C)c3ccc(Cl)cc3)[nH]c(=O)c2c1C. The quantitative estimate of drug-likeness (QED) is 0.585. The zero-order valence-corrected chi connectivity index (χ0v) is 18.5. The number of halogens is 1. The Kier molecular flexibility index (Phi) is 6.47. The lowest BCUT2D eigenvalue weighted by Crippen LogP contribution is -2.33. The van der Waals surface area contributed by atoms with Gasteiger partial charge in [-0.1, -0.05) is 23.7 Å². The number of hydrogen-bond acceptors (Lipinski definition) is 5. The second kappa shape index (κ2) is 8.68. The molecule has 3 aromatic rings. The summed E-state index contributed by atoms with van der Waals surface area (Å²) in [6, 6.07) is 7.31. The maximum Gasteiger partial charge on any atom is 0.259 e. The highest BCUT2D eigenvalue weighted by Gasteiger charge is 2.18. The van der Waals surface area contributed by atoms with Crippen molar-refractivity contribution in [2.75, 3.05) is 0 Å². The molecule has 0 saturated carbocycles. The van der Waals surface area contributed by atoms with Gasteiger partial charge in [0.15, 0.2) is 0 Å². The maximum atomic E-state index is 12.5. The predicted molar refractivity (Wildman–Crippen MR) is 118 cm³/mol. The summed E-state index contributed by atoms with van der Waals surface area (Å²) in [5.74, 6) is 0.998. The van der Waals surface area contributed by atoms with Gasteiger partial charge in [0.25, 0.3) is 5.56 Å². The first-order chi connectivity index (χ1) is 13.3. The number of carbonyl (C=O) groups excluding carboxylic acids is 1. The number of H-pyrrole nitrogens is 1. The van der Waals surface area contributed by atoms with Crippen molar-refractivity contribution < 1.29 is 4.79 Å². The lowest BCUT2D eigenvalue weighted by Gasteiger charge is -2.17. The molecule has 0 spiro atoms. The van der Waals surface area contributed by atoms with Gasteiger partial charge in [0.1, 0.15) is 10.7 Å². The first kappa shape index (κ1) is 20.9. The van der Waals surface area contributed by atoms with Gasteiger partial charge in [-0.2, -0.15) is 0 Å². The molecule has 148 valence electrons. The third-order valence-corrected chi connectivity index (χ3v) is 7.16. The van der Waals surface area contributed by atoms with Crippen molar-refractivity contribution in [1.29, 1.82) is 0 Å². The van der Waals surface area contributed by atoms with E-state index in [4.69, 9.17) is 11.6 Å². The number of nitrogens with one attached hydrogen (secondary N) is 2. The summed E-state index contributed by atoms with van der Waals surface area (Å²) >= 11 is 8.88.